The fourth-order valence-corrected chi connectivity index (χ4v) is 3.78. The van der Waals surface area contributed by atoms with Crippen molar-refractivity contribution in [3.05, 3.63) is 34.3 Å². The van der Waals surface area contributed by atoms with Gasteiger partial charge in [-0.05, 0) is 39.8 Å². The number of ether oxygens (including phenoxy) is 1. The van der Waals surface area contributed by atoms with E-state index in [0.29, 0.717) is 17.1 Å². The molecule has 1 fully saturated rings. The molecule has 2 N–H and O–H groups in total. The first-order chi connectivity index (χ1) is 11.1. The van der Waals surface area contributed by atoms with E-state index in [1.807, 2.05) is 38.1 Å². The Hall–Kier alpha value is -1.84. The molecule has 1 saturated heterocycles. The Labute approximate surface area is 150 Å². The summed E-state index contributed by atoms with van der Waals surface area (Å²) >= 11 is 3.42. The van der Waals surface area contributed by atoms with Crippen LogP contribution in [0, 0.1) is 11.3 Å². The van der Waals surface area contributed by atoms with Crippen LogP contribution < -0.4 is 5.73 Å². The van der Waals surface area contributed by atoms with Crippen LogP contribution in [0.3, 0.4) is 0 Å². The topological polar surface area (TPSA) is 76.9 Å². The molecule has 0 bridgehead atoms. The molecule has 0 spiro atoms. The van der Waals surface area contributed by atoms with E-state index in [-0.39, 0.29) is 11.6 Å². The summed E-state index contributed by atoms with van der Waals surface area (Å²) < 4.78 is 8.90. The van der Waals surface area contributed by atoms with Gasteiger partial charge in [0.2, 0.25) is 0 Å². The molecule has 126 valence electrons. The third-order valence-electron chi connectivity index (χ3n) is 4.50. The minimum Gasteiger partial charge on any atom is -0.383 e. The lowest BCUT2D eigenvalue weighted by molar-refractivity contribution is -0.0735. The van der Waals surface area contributed by atoms with Crippen molar-refractivity contribution in [3.8, 4) is 17.3 Å². The highest BCUT2D eigenvalue weighted by Crippen LogP contribution is 2.46. The number of nitrogen functional groups attached to an aromatic ring is 1. The summed E-state index contributed by atoms with van der Waals surface area (Å²) in [5, 5.41) is 14.3. The highest BCUT2D eigenvalue weighted by molar-refractivity contribution is 9.10. The summed E-state index contributed by atoms with van der Waals surface area (Å²) in [5.41, 5.74) is 7.52. The second-order valence-corrected chi connectivity index (χ2v) is 8.27. The van der Waals surface area contributed by atoms with Crippen molar-refractivity contribution in [1.29, 1.82) is 5.26 Å². The summed E-state index contributed by atoms with van der Waals surface area (Å²) in [5.74, 6) is 0.398. The Morgan fingerprint density at radius 2 is 1.92 bits per heavy atom. The molecule has 6 heteroatoms. The van der Waals surface area contributed by atoms with Gasteiger partial charge in [0, 0.05) is 16.5 Å². The van der Waals surface area contributed by atoms with E-state index in [1.165, 1.54) is 0 Å². The van der Waals surface area contributed by atoms with Crippen LogP contribution in [0.4, 0.5) is 5.82 Å². The van der Waals surface area contributed by atoms with E-state index < -0.39 is 5.60 Å². The molecular weight excluding hydrogens is 368 g/mol. The number of halogens is 1. The van der Waals surface area contributed by atoms with Crippen LogP contribution in [-0.2, 0) is 4.74 Å². The van der Waals surface area contributed by atoms with E-state index in [9.17, 15) is 5.26 Å². The molecule has 1 aliphatic rings. The van der Waals surface area contributed by atoms with Gasteiger partial charge in [0.25, 0.3) is 0 Å². The Morgan fingerprint density at radius 3 is 2.42 bits per heavy atom. The van der Waals surface area contributed by atoms with Gasteiger partial charge in [-0.1, -0.05) is 28.1 Å². The van der Waals surface area contributed by atoms with Gasteiger partial charge in [0.15, 0.2) is 0 Å². The van der Waals surface area contributed by atoms with E-state index in [2.05, 4.69) is 35.8 Å². The predicted molar refractivity (Wildman–Crippen MR) is 97.4 cm³/mol. The van der Waals surface area contributed by atoms with E-state index in [1.54, 1.807) is 4.68 Å². The van der Waals surface area contributed by atoms with E-state index >= 15 is 0 Å². The number of anilines is 1. The summed E-state index contributed by atoms with van der Waals surface area (Å²) in [6.45, 7) is 8.21. The minimum absolute atomic E-state index is 0.0243. The quantitative estimate of drug-likeness (QED) is 0.832. The zero-order valence-electron chi connectivity index (χ0n) is 14.3. The van der Waals surface area contributed by atoms with Crippen molar-refractivity contribution in [2.45, 2.75) is 51.4 Å². The maximum atomic E-state index is 9.58. The molecular formula is C18H21BrN4O. The van der Waals surface area contributed by atoms with Crippen molar-refractivity contribution >= 4 is 21.7 Å². The lowest BCUT2D eigenvalue weighted by Gasteiger charge is -2.27. The average Bonchev–Trinajstić information content (AvgIpc) is 2.92. The number of benzene rings is 1. The normalized spacial score (nSPS) is 21.6. The molecule has 3 rings (SSSR count). The van der Waals surface area contributed by atoms with Crippen LogP contribution in [0.25, 0.3) is 11.3 Å². The zero-order valence-corrected chi connectivity index (χ0v) is 15.9. The molecule has 1 atom stereocenters. The summed E-state index contributed by atoms with van der Waals surface area (Å²) in [6.07, 6.45) is 0.788. The minimum atomic E-state index is -0.409. The SMILES string of the molecule is CC1(C)CC(n2nc(-c3ccc(Br)cc3)c(C#N)c2N)C(C)(C)O1. The van der Waals surface area contributed by atoms with Crippen molar-refractivity contribution in [2.75, 3.05) is 5.73 Å². The van der Waals surface area contributed by atoms with Crippen LogP contribution in [-0.4, -0.2) is 21.0 Å². The van der Waals surface area contributed by atoms with Crippen LogP contribution in [0.2, 0.25) is 0 Å². The molecule has 0 aliphatic carbocycles. The third-order valence-corrected chi connectivity index (χ3v) is 5.03. The van der Waals surface area contributed by atoms with Crippen molar-refractivity contribution in [3.63, 3.8) is 0 Å². The molecule has 0 amide bonds. The lowest BCUT2D eigenvalue weighted by atomic mass is 9.94. The van der Waals surface area contributed by atoms with Gasteiger partial charge in [0.05, 0.1) is 17.2 Å². The molecule has 2 heterocycles. The number of aromatic nitrogens is 2. The average molecular weight is 389 g/mol. The van der Waals surface area contributed by atoms with Gasteiger partial charge in [-0.3, -0.25) is 0 Å². The van der Waals surface area contributed by atoms with Gasteiger partial charge in [-0.25, -0.2) is 4.68 Å². The maximum Gasteiger partial charge on any atom is 0.140 e. The van der Waals surface area contributed by atoms with Gasteiger partial charge < -0.3 is 10.5 Å². The van der Waals surface area contributed by atoms with Crippen molar-refractivity contribution in [1.82, 2.24) is 9.78 Å². The standard InChI is InChI=1S/C18H21BrN4O/c1-17(2)9-14(18(3,4)24-17)23-16(21)13(10-20)15(22-23)11-5-7-12(19)8-6-11/h5-8,14H,9,21H2,1-4H3. The van der Waals surface area contributed by atoms with Gasteiger partial charge in [-0.2, -0.15) is 10.4 Å². The summed E-state index contributed by atoms with van der Waals surface area (Å²) in [7, 11) is 0. The first-order valence-corrected chi connectivity index (χ1v) is 8.68. The van der Waals surface area contributed by atoms with Crippen LogP contribution in [0.1, 0.15) is 45.7 Å². The molecule has 5 nitrogen and oxygen atoms in total. The number of rotatable bonds is 2. The first-order valence-electron chi connectivity index (χ1n) is 7.89. The molecule has 2 aromatic rings. The zero-order chi connectivity index (χ0) is 17.7. The van der Waals surface area contributed by atoms with Gasteiger partial charge in [-0.15, -0.1) is 0 Å². The Balaban J connectivity index is 2.12. The highest BCUT2D eigenvalue weighted by atomic mass is 79.9. The molecule has 24 heavy (non-hydrogen) atoms. The number of nitrogens with zero attached hydrogens (tertiary/aromatic N) is 3. The molecule has 1 unspecified atom stereocenters. The van der Waals surface area contributed by atoms with Crippen LogP contribution in [0.5, 0.6) is 0 Å². The number of nitriles is 1. The van der Waals surface area contributed by atoms with Gasteiger partial charge in [0.1, 0.15) is 23.1 Å². The largest absolute Gasteiger partial charge is 0.383 e. The molecule has 0 saturated carbocycles. The Bertz CT molecular complexity index is 815. The fourth-order valence-electron chi connectivity index (χ4n) is 3.52. The van der Waals surface area contributed by atoms with Crippen molar-refractivity contribution < 1.29 is 4.74 Å². The van der Waals surface area contributed by atoms with E-state index in [0.717, 1.165) is 16.5 Å². The summed E-state index contributed by atoms with van der Waals surface area (Å²) in [6, 6.07) is 9.90. The fraction of sp³-hybridized carbons (Fsp3) is 0.444. The highest BCUT2D eigenvalue weighted by Gasteiger charge is 2.48. The monoisotopic (exact) mass is 388 g/mol. The number of hydrogen-bond acceptors (Lipinski definition) is 4. The second-order valence-electron chi connectivity index (χ2n) is 7.36. The molecule has 1 aliphatic heterocycles. The molecule has 1 aromatic heterocycles. The molecule has 0 radical (unpaired) electrons. The lowest BCUT2D eigenvalue weighted by Crippen LogP contribution is -2.32. The number of hydrogen-bond donors (Lipinski definition) is 1. The third kappa shape index (κ3) is 2.83. The Morgan fingerprint density at radius 1 is 1.29 bits per heavy atom. The summed E-state index contributed by atoms with van der Waals surface area (Å²) in [4.78, 5) is 0. The first kappa shape index (κ1) is 17.0. The van der Waals surface area contributed by atoms with Crippen LogP contribution in [0.15, 0.2) is 28.7 Å². The van der Waals surface area contributed by atoms with Crippen LogP contribution >= 0.6 is 15.9 Å². The molecule has 1 aromatic carbocycles. The van der Waals surface area contributed by atoms with Crippen molar-refractivity contribution in [2.24, 2.45) is 0 Å². The Kier molecular flexibility index (Phi) is 3.97. The number of nitrogens with two attached hydrogens (primary N) is 1. The smallest absolute Gasteiger partial charge is 0.140 e. The van der Waals surface area contributed by atoms with E-state index in [4.69, 9.17) is 15.6 Å². The maximum absolute atomic E-state index is 9.58. The predicted octanol–water partition coefficient (Wildman–Crippen LogP) is 4.29. The second kappa shape index (κ2) is 5.61. The van der Waals surface area contributed by atoms with Gasteiger partial charge >= 0.3 is 0 Å².